The lowest BCUT2D eigenvalue weighted by molar-refractivity contribution is 0.103. The summed E-state index contributed by atoms with van der Waals surface area (Å²) in [4.78, 5) is 12.9. The maximum Gasteiger partial charge on any atom is 0.193 e. The van der Waals surface area contributed by atoms with Crippen molar-refractivity contribution in [2.75, 3.05) is 0 Å². The molecule has 0 radical (unpaired) electrons. The number of hydrogen-bond donors (Lipinski definition) is 0. The minimum Gasteiger partial charge on any atom is -0.289 e. The predicted molar refractivity (Wildman–Crippen MR) is 104 cm³/mol. The number of hydrogen-bond acceptors (Lipinski definition) is 1. The fourth-order valence-electron chi connectivity index (χ4n) is 3.71. The summed E-state index contributed by atoms with van der Waals surface area (Å²) in [5, 5.41) is 5.57. The lowest BCUT2D eigenvalue weighted by atomic mass is 9.83. The fourth-order valence-corrected chi connectivity index (χ4v) is 4.12. The topological polar surface area (TPSA) is 17.1 Å². The standard InChI is InChI=1S/C22H12Cl2O/c23-17-5-4-13-7-16-8-14-6-12-2-1-3-21(24)18(12)9-15(14)10-19(16)22(25)20(13)11-17/h1-6,8-11H,7H2. The molecular weight excluding hydrogens is 351 g/mol. The van der Waals surface area contributed by atoms with Gasteiger partial charge in [0.15, 0.2) is 5.78 Å². The Kier molecular flexibility index (Phi) is 3.18. The van der Waals surface area contributed by atoms with E-state index in [4.69, 9.17) is 23.2 Å². The van der Waals surface area contributed by atoms with Crippen LogP contribution in [0.3, 0.4) is 0 Å². The molecule has 0 atom stereocenters. The number of halogens is 2. The molecule has 0 aromatic heterocycles. The summed E-state index contributed by atoms with van der Waals surface area (Å²) in [6, 6.07) is 19.8. The van der Waals surface area contributed by atoms with Crippen LogP contribution in [0.25, 0.3) is 21.5 Å². The van der Waals surface area contributed by atoms with Crippen molar-refractivity contribution in [1.29, 1.82) is 0 Å². The van der Waals surface area contributed by atoms with E-state index in [0.29, 0.717) is 10.6 Å². The SMILES string of the molecule is O=C1c2cc(Cl)ccc2Cc2cc3cc4cccc(Cl)c4cc3cc21. The Hall–Kier alpha value is -2.35. The molecule has 0 N–H and O–H groups in total. The molecule has 0 unspecified atom stereocenters. The van der Waals surface area contributed by atoms with Crippen LogP contribution in [0.2, 0.25) is 10.0 Å². The van der Waals surface area contributed by atoms with Crippen molar-refractivity contribution in [1.82, 2.24) is 0 Å². The zero-order chi connectivity index (χ0) is 17.1. The van der Waals surface area contributed by atoms with E-state index in [1.165, 1.54) is 0 Å². The average molecular weight is 363 g/mol. The summed E-state index contributed by atoms with van der Waals surface area (Å²) in [6.07, 6.45) is 0.747. The van der Waals surface area contributed by atoms with Gasteiger partial charge in [0.05, 0.1) is 0 Å². The molecule has 120 valence electrons. The van der Waals surface area contributed by atoms with E-state index >= 15 is 0 Å². The van der Waals surface area contributed by atoms with E-state index in [-0.39, 0.29) is 5.78 Å². The summed E-state index contributed by atoms with van der Waals surface area (Å²) in [5.74, 6) is 0.0416. The molecule has 0 bridgehead atoms. The van der Waals surface area contributed by atoms with Gasteiger partial charge in [-0.3, -0.25) is 4.79 Å². The van der Waals surface area contributed by atoms with E-state index in [2.05, 4.69) is 24.3 Å². The Morgan fingerprint density at radius 3 is 2.40 bits per heavy atom. The Labute approximate surface area is 154 Å². The lowest BCUT2D eigenvalue weighted by Crippen LogP contribution is -2.15. The smallest absolute Gasteiger partial charge is 0.193 e. The molecule has 0 amide bonds. The van der Waals surface area contributed by atoms with E-state index in [0.717, 1.165) is 49.7 Å². The van der Waals surface area contributed by atoms with Gasteiger partial charge in [-0.05, 0) is 70.1 Å². The molecule has 0 aliphatic heterocycles. The van der Waals surface area contributed by atoms with Crippen LogP contribution in [0, 0.1) is 0 Å². The quantitative estimate of drug-likeness (QED) is 0.290. The summed E-state index contributed by atoms with van der Waals surface area (Å²) in [6.45, 7) is 0. The molecular formula is C22H12Cl2O. The Morgan fingerprint density at radius 2 is 1.52 bits per heavy atom. The number of ketones is 1. The summed E-state index contributed by atoms with van der Waals surface area (Å²) in [7, 11) is 0. The third kappa shape index (κ3) is 2.27. The minimum atomic E-state index is 0.0416. The van der Waals surface area contributed by atoms with Crippen LogP contribution in [-0.2, 0) is 6.42 Å². The number of fused-ring (bicyclic) bond motifs is 4. The molecule has 1 aliphatic carbocycles. The van der Waals surface area contributed by atoms with Gasteiger partial charge in [-0.15, -0.1) is 0 Å². The third-order valence-electron chi connectivity index (χ3n) is 4.95. The van der Waals surface area contributed by atoms with E-state index in [1.54, 1.807) is 6.07 Å². The monoisotopic (exact) mass is 362 g/mol. The molecule has 0 spiro atoms. The van der Waals surface area contributed by atoms with Gasteiger partial charge in [-0.25, -0.2) is 0 Å². The molecule has 3 heteroatoms. The van der Waals surface area contributed by atoms with Gasteiger partial charge in [-0.2, -0.15) is 0 Å². The maximum atomic E-state index is 12.9. The summed E-state index contributed by atoms with van der Waals surface area (Å²) in [5.41, 5.74) is 3.56. The molecule has 1 nitrogen and oxygen atoms in total. The average Bonchev–Trinajstić information content (AvgIpc) is 2.60. The Bertz CT molecular complexity index is 1210. The molecule has 0 saturated heterocycles. The lowest BCUT2D eigenvalue weighted by Gasteiger charge is -2.19. The number of benzene rings is 4. The molecule has 5 rings (SSSR count). The van der Waals surface area contributed by atoms with Crippen molar-refractivity contribution in [2.45, 2.75) is 6.42 Å². The minimum absolute atomic E-state index is 0.0416. The summed E-state index contributed by atoms with van der Waals surface area (Å²) >= 11 is 12.4. The van der Waals surface area contributed by atoms with Gasteiger partial charge >= 0.3 is 0 Å². The van der Waals surface area contributed by atoms with Crippen LogP contribution in [0.4, 0.5) is 0 Å². The van der Waals surface area contributed by atoms with Crippen molar-refractivity contribution < 1.29 is 4.79 Å². The first-order chi connectivity index (χ1) is 12.1. The Balaban J connectivity index is 1.78. The highest BCUT2D eigenvalue weighted by Gasteiger charge is 2.24. The summed E-state index contributed by atoms with van der Waals surface area (Å²) < 4.78 is 0. The molecule has 0 fully saturated rings. The van der Waals surface area contributed by atoms with Gasteiger partial charge in [0.2, 0.25) is 0 Å². The second-order valence-electron chi connectivity index (χ2n) is 6.48. The number of carbonyl (C=O) groups is 1. The van der Waals surface area contributed by atoms with Crippen LogP contribution in [0.5, 0.6) is 0 Å². The van der Waals surface area contributed by atoms with Gasteiger partial charge in [0.25, 0.3) is 0 Å². The first-order valence-corrected chi connectivity index (χ1v) is 8.84. The first kappa shape index (κ1) is 14.9. The van der Waals surface area contributed by atoms with E-state index in [1.807, 2.05) is 30.3 Å². The third-order valence-corrected chi connectivity index (χ3v) is 5.51. The predicted octanol–water partition coefficient (Wildman–Crippen LogP) is 6.44. The van der Waals surface area contributed by atoms with Crippen LogP contribution in [0.15, 0.2) is 60.7 Å². The van der Waals surface area contributed by atoms with Gasteiger partial charge < -0.3 is 0 Å². The fraction of sp³-hybridized carbons (Fsp3) is 0.0455. The van der Waals surface area contributed by atoms with Crippen molar-refractivity contribution >= 4 is 50.5 Å². The zero-order valence-electron chi connectivity index (χ0n) is 13.1. The van der Waals surface area contributed by atoms with Crippen molar-refractivity contribution in [2.24, 2.45) is 0 Å². The highest BCUT2D eigenvalue weighted by Crippen LogP contribution is 2.34. The van der Waals surface area contributed by atoms with Gasteiger partial charge in [0, 0.05) is 26.6 Å². The van der Waals surface area contributed by atoms with Crippen molar-refractivity contribution in [3.05, 3.63) is 93.0 Å². The van der Waals surface area contributed by atoms with E-state index < -0.39 is 0 Å². The molecule has 4 aromatic carbocycles. The highest BCUT2D eigenvalue weighted by atomic mass is 35.5. The van der Waals surface area contributed by atoms with Crippen LogP contribution >= 0.6 is 23.2 Å². The molecule has 0 heterocycles. The van der Waals surface area contributed by atoms with Gasteiger partial charge in [0.1, 0.15) is 0 Å². The second kappa shape index (κ2) is 5.32. The second-order valence-corrected chi connectivity index (χ2v) is 7.32. The highest BCUT2D eigenvalue weighted by molar-refractivity contribution is 6.36. The van der Waals surface area contributed by atoms with Gasteiger partial charge in [-0.1, -0.05) is 47.5 Å². The van der Waals surface area contributed by atoms with E-state index in [9.17, 15) is 4.79 Å². The van der Waals surface area contributed by atoms with Crippen molar-refractivity contribution in [3.63, 3.8) is 0 Å². The molecule has 1 aliphatic rings. The number of rotatable bonds is 0. The molecule has 4 aromatic rings. The van der Waals surface area contributed by atoms with Crippen LogP contribution in [-0.4, -0.2) is 5.78 Å². The first-order valence-electron chi connectivity index (χ1n) is 8.08. The van der Waals surface area contributed by atoms with Crippen LogP contribution in [0.1, 0.15) is 27.0 Å². The maximum absolute atomic E-state index is 12.9. The van der Waals surface area contributed by atoms with Crippen LogP contribution < -0.4 is 0 Å². The van der Waals surface area contributed by atoms with Crippen molar-refractivity contribution in [3.8, 4) is 0 Å². The zero-order valence-corrected chi connectivity index (χ0v) is 14.7. The molecule has 0 saturated carbocycles. The normalized spacial score (nSPS) is 13.1. The number of carbonyl (C=O) groups excluding carboxylic acids is 1. The largest absolute Gasteiger partial charge is 0.289 e. The Morgan fingerprint density at radius 1 is 0.720 bits per heavy atom. The molecule has 25 heavy (non-hydrogen) atoms.